The van der Waals surface area contributed by atoms with Crippen molar-refractivity contribution in [2.45, 2.75) is 45.6 Å². The molecule has 1 N–H and O–H groups in total. The van der Waals surface area contributed by atoms with E-state index in [1.807, 2.05) is 0 Å². The summed E-state index contributed by atoms with van der Waals surface area (Å²) in [4.78, 5) is 12.1. The van der Waals surface area contributed by atoms with Crippen LogP contribution in [0.5, 0.6) is 5.75 Å². The number of hydrogen-bond acceptors (Lipinski definition) is 3. The van der Waals surface area contributed by atoms with E-state index in [0.29, 0.717) is 5.56 Å². The Labute approximate surface area is 109 Å². The van der Waals surface area contributed by atoms with Crippen LogP contribution in [0.3, 0.4) is 0 Å². The summed E-state index contributed by atoms with van der Waals surface area (Å²) in [5.74, 6) is 0.477. The first-order valence-corrected chi connectivity index (χ1v) is 6.03. The summed E-state index contributed by atoms with van der Waals surface area (Å²) >= 11 is 0. The number of methoxy groups -OCH3 is 1. The van der Waals surface area contributed by atoms with Crippen LogP contribution in [0.25, 0.3) is 0 Å². The molecule has 0 bridgehead atoms. The lowest BCUT2D eigenvalue weighted by atomic mass is 9.84. The minimum absolute atomic E-state index is 0.124. The molecule has 1 aromatic carbocycles. The molecule has 0 spiro atoms. The van der Waals surface area contributed by atoms with Crippen molar-refractivity contribution in [1.82, 2.24) is 0 Å². The van der Waals surface area contributed by atoms with Crippen LogP contribution in [0.4, 0.5) is 0 Å². The number of rotatable bonds is 3. The van der Waals surface area contributed by atoms with Gasteiger partial charge in [-0.3, -0.25) is 4.79 Å². The quantitative estimate of drug-likeness (QED) is 0.839. The minimum atomic E-state index is -1.36. The largest absolute Gasteiger partial charge is 0.496 e. The van der Waals surface area contributed by atoms with Gasteiger partial charge in [0.1, 0.15) is 11.4 Å². The molecule has 0 aromatic heterocycles. The fourth-order valence-electron chi connectivity index (χ4n) is 1.79. The number of carbonyl (C=O) groups is 1. The van der Waals surface area contributed by atoms with Crippen LogP contribution in [-0.4, -0.2) is 23.6 Å². The molecule has 0 aliphatic rings. The van der Waals surface area contributed by atoms with Gasteiger partial charge < -0.3 is 9.84 Å². The second-order valence-electron chi connectivity index (χ2n) is 6.05. The van der Waals surface area contributed by atoms with Crippen molar-refractivity contribution in [3.8, 4) is 5.75 Å². The normalized spacial score (nSPS) is 12.4. The van der Waals surface area contributed by atoms with Crippen molar-refractivity contribution in [2.24, 2.45) is 0 Å². The molecule has 0 unspecified atom stereocenters. The van der Waals surface area contributed by atoms with E-state index < -0.39 is 5.60 Å². The van der Waals surface area contributed by atoms with Gasteiger partial charge in [0.05, 0.1) is 7.11 Å². The highest BCUT2D eigenvalue weighted by Gasteiger charge is 2.27. The highest BCUT2D eigenvalue weighted by Crippen LogP contribution is 2.32. The van der Waals surface area contributed by atoms with Gasteiger partial charge in [-0.1, -0.05) is 20.8 Å². The van der Waals surface area contributed by atoms with Gasteiger partial charge in [-0.2, -0.15) is 0 Å². The molecule has 1 aromatic rings. The summed E-state index contributed by atoms with van der Waals surface area (Å²) in [5, 5.41) is 9.78. The van der Waals surface area contributed by atoms with Gasteiger partial charge in [0.2, 0.25) is 0 Å². The second kappa shape index (κ2) is 4.73. The van der Waals surface area contributed by atoms with Crippen LogP contribution >= 0.6 is 0 Å². The number of carbonyl (C=O) groups excluding carboxylic acids is 1. The average molecular weight is 250 g/mol. The molecule has 0 amide bonds. The molecule has 3 heteroatoms. The lowest BCUT2D eigenvalue weighted by Crippen LogP contribution is -2.31. The third kappa shape index (κ3) is 3.10. The Morgan fingerprint density at radius 3 is 2.11 bits per heavy atom. The van der Waals surface area contributed by atoms with Gasteiger partial charge in [-0.15, -0.1) is 0 Å². The molecule has 0 saturated carbocycles. The number of ether oxygens (including phenoxy) is 1. The first kappa shape index (κ1) is 14.7. The topological polar surface area (TPSA) is 46.5 Å². The maximum Gasteiger partial charge on any atom is 0.193 e. The molecule has 0 aliphatic heterocycles. The van der Waals surface area contributed by atoms with Crippen LogP contribution in [0.2, 0.25) is 0 Å². The Balaban J connectivity index is 3.32. The smallest absolute Gasteiger partial charge is 0.193 e. The Hall–Kier alpha value is -1.35. The molecule has 0 saturated heterocycles. The maximum absolute atomic E-state index is 12.1. The maximum atomic E-state index is 12.1. The lowest BCUT2D eigenvalue weighted by molar-refractivity contribution is 0.0488. The molecule has 0 heterocycles. The number of ketones is 1. The van der Waals surface area contributed by atoms with E-state index >= 15 is 0 Å². The van der Waals surface area contributed by atoms with E-state index in [0.717, 1.165) is 11.3 Å². The minimum Gasteiger partial charge on any atom is -0.496 e. The van der Waals surface area contributed by atoms with E-state index in [-0.39, 0.29) is 11.2 Å². The Bertz CT molecular complexity index is 448. The molecular weight excluding hydrogens is 228 g/mol. The van der Waals surface area contributed by atoms with Gasteiger partial charge in [0.15, 0.2) is 5.78 Å². The number of benzene rings is 1. The molecular formula is C15H22O3. The summed E-state index contributed by atoms with van der Waals surface area (Å²) in [6.07, 6.45) is 0. The van der Waals surface area contributed by atoms with Crippen molar-refractivity contribution < 1.29 is 14.6 Å². The summed E-state index contributed by atoms with van der Waals surface area (Å²) < 4.78 is 5.32. The number of Topliss-reactive ketones (excluding diaryl/α,β-unsaturated/α-hetero) is 1. The predicted octanol–water partition coefficient (Wildman–Crippen LogP) is 2.95. The van der Waals surface area contributed by atoms with Crippen molar-refractivity contribution in [3.05, 3.63) is 29.3 Å². The fourth-order valence-corrected chi connectivity index (χ4v) is 1.79. The lowest BCUT2D eigenvalue weighted by Gasteiger charge is -2.24. The standard InChI is InChI=1S/C15H22O3/c1-14(2,3)11-9-10(7-8-12(11)18-6)13(16)15(4,5)17/h7-9,17H,1-6H3. The van der Waals surface area contributed by atoms with Crippen molar-refractivity contribution in [1.29, 1.82) is 0 Å². The van der Waals surface area contributed by atoms with E-state index in [2.05, 4.69) is 20.8 Å². The van der Waals surface area contributed by atoms with Crippen LogP contribution in [0.1, 0.15) is 50.5 Å². The van der Waals surface area contributed by atoms with Crippen LogP contribution in [-0.2, 0) is 5.41 Å². The molecule has 18 heavy (non-hydrogen) atoms. The SMILES string of the molecule is COc1ccc(C(=O)C(C)(C)O)cc1C(C)(C)C. The molecule has 0 radical (unpaired) electrons. The van der Waals surface area contributed by atoms with Crippen LogP contribution in [0.15, 0.2) is 18.2 Å². The average Bonchev–Trinajstić information content (AvgIpc) is 2.24. The van der Waals surface area contributed by atoms with Crippen molar-refractivity contribution >= 4 is 5.78 Å². The molecule has 3 nitrogen and oxygen atoms in total. The highest BCUT2D eigenvalue weighted by atomic mass is 16.5. The Morgan fingerprint density at radius 2 is 1.72 bits per heavy atom. The fraction of sp³-hybridized carbons (Fsp3) is 0.533. The van der Waals surface area contributed by atoms with E-state index in [9.17, 15) is 9.90 Å². The third-order valence-corrected chi connectivity index (χ3v) is 2.83. The van der Waals surface area contributed by atoms with Crippen LogP contribution in [0, 0.1) is 0 Å². The second-order valence-corrected chi connectivity index (χ2v) is 6.05. The zero-order chi connectivity index (χ0) is 14.1. The molecule has 0 atom stereocenters. The zero-order valence-electron chi connectivity index (χ0n) is 12.0. The summed E-state index contributed by atoms with van der Waals surface area (Å²) in [7, 11) is 1.61. The summed E-state index contributed by atoms with van der Waals surface area (Å²) in [5.41, 5.74) is -0.0151. The zero-order valence-corrected chi connectivity index (χ0v) is 12.0. The monoisotopic (exact) mass is 250 g/mol. The molecule has 1 rings (SSSR count). The van der Waals surface area contributed by atoms with E-state index in [4.69, 9.17) is 4.74 Å². The van der Waals surface area contributed by atoms with Gasteiger partial charge in [-0.05, 0) is 37.5 Å². The van der Waals surface area contributed by atoms with Gasteiger partial charge in [-0.25, -0.2) is 0 Å². The van der Waals surface area contributed by atoms with Crippen molar-refractivity contribution in [3.63, 3.8) is 0 Å². The van der Waals surface area contributed by atoms with E-state index in [1.165, 1.54) is 13.8 Å². The van der Waals surface area contributed by atoms with Gasteiger partial charge >= 0.3 is 0 Å². The Kier molecular flexibility index (Phi) is 3.86. The molecule has 0 fully saturated rings. The number of hydrogen-bond donors (Lipinski definition) is 1. The predicted molar refractivity (Wildman–Crippen MR) is 72.3 cm³/mol. The van der Waals surface area contributed by atoms with Gasteiger partial charge in [0, 0.05) is 11.1 Å². The summed E-state index contributed by atoms with van der Waals surface area (Å²) in [6, 6.07) is 5.27. The first-order chi connectivity index (χ1) is 8.07. The highest BCUT2D eigenvalue weighted by molar-refractivity contribution is 6.02. The third-order valence-electron chi connectivity index (χ3n) is 2.83. The van der Waals surface area contributed by atoms with E-state index in [1.54, 1.807) is 25.3 Å². The Morgan fingerprint density at radius 1 is 1.17 bits per heavy atom. The van der Waals surface area contributed by atoms with Crippen molar-refractivity contribution in [2.75, 3.05) is 7.11 Å². The molecule has 100 valence electrons. The molecule has 0 aliphatic carbocycles. The first-order valence-electron chi connectivity index (χ1n) is 6.03. The van der Waals surface area contributed by atoms with Crippen LogP contribution < -0.4 is 4.74 Å². The number of aliphatic hydroxyl groups is 1. The summed E-state index contributed by atoms with van der Waals surface area (Å²) in [6.45, 7) is 9.17. The van der Waals surface area contributed by atoms with Gasteiger partial charge in [0.25, 0.3) is 0 Å².